The molecule has 0 bridgehead atoms. The number of carboxylic acid groups (broad SMARTS) is 1. The lowest BCUT2D eigenvalue weighted by Gasteiger charge is -2.40. The van der Waals surface area contributed by atoms with Crippen LogP contribution in [0.2, 0.25) is 0 Å². The number of halogens is 4. The molecule has 6 aliphatic heterocycles. The topological polar surface area (TPSA) is 299 Å². The first-order chi connectivity index (χ1) is 59.4. The highest BCUT2D eigenvalue weighted by atomic mass is 79.9. The Morgan fingerprint density at radius 2 is 0.816 bits per heavy atom. The van der Waals surface area contributed by atoms with Gasteiger partial charge in [-0.15, -0.1) is 12.4 Å². The van der Waals surface area contributed by atoms with Crippen molar-refractivity contribution in [1.82, 2.24) is 59.5 Å². The minimum absolute atomic E-state index is 0. The van der Waals surface area contributed by atoms with Crippen molar-refractivity contribution in [1.29, 1.82) is 0 Å². The molecule has 0 aliphatic carbocycles. The van der Waals surface area contributed by atoms with Crippen molar-refractivity contribution in [2.24, 2.45) is 0 Å². The molecular weight excluding hydrogens is 1810 g/mol. The highest BCUT2D eigenvalue weighted by molar-refractivity contribution is 9.11. The van der Waals surface area contributed by atoms with Crippen LogP contribution in [-0.2, 0) is 87.2 Å². The smallest absolute Gasteiger partial charge is 0.410 e. The molecule has 9 heterocycles. The lowest BCUT2D eigenvalue weighted by molar-refractivity contribution is -0.133. The van der Waals surface area contributed by atoms with Crippen molar-refractivity contribution in [3.05, 3.63) is 201 Å². The van der Waals surface area contributed by atoms with Gasteiger partial charge < -0.3 is 88.3 Å². The summed E-state index contributed by atoms with van der Waals surface area (Å²) >= 11 is 10.6. The number of hydrogen-bond donors (Lipinski definition) is 5. The van der Waals surface area contributed by atoms with Gasteiger partial charge in [-0.05, 0) is 209 Å². The molecule has 0 saturated carbocycles. The van der Waals surface area contributed by atoms with Crippen LogP contribution >= 0.6 is 60.2 Å². The first-order valence-corrected chi connectivity index (χ1v) is 43.8. The van der Waals surface area contributed by atoms with Crippen molar-refractivity contribution in [2.75, 3.05) is 80.2 Å². The molecule has 3 aromatic heterocycles. The third kappa shape index (κ3) is 22.5. The Kier molecular flexibility index (Phi) is 32.4. The molecule has 3 saturated heterocycles. The van der Waals surface area contributed by atoms with Crippen LogP contribution in [0.1, 0.15) is 162 Å². The summed E-state index contributed by atoms with van der Waals surface area (Å²) in [6.07, 6.45) is 3.03. The number of hydrogen-bond acceptors (Lipinski definition) is 15. The highest BCUT2D eigenvalue weighted by Crippen LogP contribution is 2.39. The van der Waals surface area contributed by atoms with Gasteiger partial charge in [0.05, 0.1) is 72.7 Å². The fourth-order valence-electron chi connectivity index (χ4n) is 16.9. The van der Waals surface area contributed by atoms with E-state index < -0.39 is 23.3 Å². The molecule has 6 aliphatic rings. The predicted molar refractivity (Wildman–Crippen MR) is 499 cm³/mol. The van der Waals surface area contributed by atoms with E-state index in [0.29, 0.717) is 87.7 Å². The molecule has 5 N–H and O–H groups in total. The molecule has 125 heavy (non-hydrogen) atoms. The zero-order chi connectivity index (χ0) is 91.5. The van der Waals surface area contributed by atoms with Crippen LogP contribution in [0.4, 0.5) is 9.59 Å². The van der Waals surface area contributed by atoms with Gasteiger partial charge in [-0.3, -0.25) is 28.8 Å². The summed E-state index contributed by atoms with van der Waals surface area (Å²) in [5, 5.41) is 24.2. The average molecular weight is 1930 g/mol. The Labute approximate surface area is 764 Å². The fraction of sp³-hybridized carbons (Fsp3) is 0.436. The number of carbonyl (C=O) groups is 9. The summed E-state index contributed by atoms with van der Waals surface area (Å²) in [4.78, 5) is 123. The number of nitrogens with one attached hydrogen (secondary N) is 4. The molecule has 0 radical (unpaired) electrons. The van der Waals surface area contributed by atoms with Gasteiger partial charge >= 0.3 is 18.2 Å². The summed E-state index contributed by atoms with van der Waals surface area (Å²) in [5.41, 5.74) is 14.9. The van der Waals surface area contributed by atoms with E-state index >= 15 is 0 Å². The number of aryl methyl sites for hydroxylation is 3. The number of likely N-dealkylation sites (tertiary alicyclic amines) is 3. The number of aromatic nitrogens is 3. The number of fused-ring (bicyclic) bond motifs is 6. The van der Waals surface area contributed by atoms with E-state index in [2.05, 4.69) is 81.7 Å². The van der Waals surface area contributed by atoms with Gasteiger partial charge in [0.25, 0.3) is 11.8 Å². The number of benzene rings is 6. The predicted octanol–water partition coefficient (Wildman–Crippen LogP) is 15.6. The van der Waals surface area contributed by atoms with Gasteiger partial charge in [0.15, 0.2) is 0 Å². The number of rotatable bonds is 16. The molecule has 0 atom stereocenters. The van der Waals surface area contributed by atoms with Gasteiger partial charge in [-0.2, -0.15) is 0 Å². The number of aromatic carboxylic acids is 1. The monoisotopic (exact) mass is 1930 g/mol. The fourth-order valence-corrected chi connectivity index (χ4v) is 18.6. The number of nitrogens with zero attached hydrogens (tertiary/aromatic N) is 8. The molecule has 672 valence electrons. The Bertz CT molecular complexity index is 5580. The van der Waals surface area contributed by atoms with Gasteiger partial charge in [0.2, 0.25) is 23.6 Å². The summed E-state index contributed by atoms with van der Waals surface area (Å²) in [6, 6.07) is 29.3. The average Bonchev–Trinajstić information content (AvgIpc) is 1.66. The van der Waals surface area contributed by atoms with Crippen LogP contribution in [0.15, 0.2) is 117 Å². The molecule has 31 heteroatoms. The third-order valence-corrected chi connectivity index (χ3v) is 23.9. The Balaban J connectivity index is 0.000000197. The second-order valence-corrected chi connectivity index (χ2v) is 36.2. The van der Waals surface area contributed by atoms with Crippen molar-refractivity contribution in [3.8, 4) is 17.2 Å². The molecule has 3 fully saturated rings. The third-order valence-electron chi connectivity index (χ3n) is 22.6. The Morgan fingerprint density at radius 1 is 0.496 bits per heavy atom. The van der Waals surface area contributed by atoms with Gasteiger partial charge in [-0.1, -0.05) is 112 Å². The Morgan fingerprint density at radius 3 is 1.14 bits per heavy atom. The van der Waals surface area contributed by atoms with Crippen LogP contribution in [0.3, 0.4) is 0 Å². The number of ether oxygens (including phenoxy) is 5. The number of carbonyl (C=O) groups excluding carboxylic acids is 8. The molecule has 27 nitrogen and oxygen atoms in total. The number of carboxylic acids is 1. The van der Waals surface area contributed by atoms with Crippen molar-refractivity contribution >= 4 is 147 Å². The molecule has 0 spiro atoms. The first-order valence-electron chi connectivity index (χ1n) is 42.4. The van der Waals surface area contributed by atoms with E-state index in [-0.39, 0.29) is 97.3 Å². The van der Waals surface area contributed by atoms with Gasteiger partial charge in [0, 0.05) is 131 Å². The van der Waals surface area contributed by atoms with E-state index in [4.69, 9.17) is 25.1 Å². The van der Waals surface area contributed by atoms with E-state index in [1.165, 1.54) is 29.5 Å². The van der Waals surface area contributed by atoms with Crippen molar-refractivity contribution in [2.45, 2.75) is 192 Å². The molecule has 0 unspecified atom stereocenters. The van der Waals surface area contributed by atoms with Crippen LogP contribution in [0, 0.1) is 41.5 Å². The van der Waals surface area contributed by atoms with Crippen molar-refractivity contribution < 1.29 is 73.3 Å². The van der Waals surface area contributed by atoms with E-state index in [1.807, 2.05) is 167 Å². The van der Waals surface area contributed by atoms with E-state index in [1.54, 1.807) is 69.5 Å². The maximum Gasteiger partial charge on any atom is 0.410 e. The van der Waals surface area contributed by atoms with Crippen molar-refractivity contribution in [3.63, 3.8) is 0 Å². The summed E-state index contributed by atoms with van der Waals surface area (Å²) < 4.78 is 41.0. The van der Waals surface area contributed by atoms with E-state index in [9.17, 15) is 48.3 Å². The normalized spacial score (nSPS) is 14.7. The van der Waals surface area contributed by atoms with Gasteiger partial charge in [0.1, 0.15) is 48.1 Å². The molecule has 6 aromatic carbocycles. The quantitative estimate of drug-likeness (QED) is 0.0562. The minimum atomic E-state index is -1.03. The van der Waals surface area contributed by atoms with Crippen LogP contribution in [0.25, 0.3) is 32.7 Å². The maximum atomic E-state index is 14.1. The molecule has 9 aromatic rings. The SMILES string of the molecule is C=CC(=O)N1CC(NC(=O)Cn2c(C)c(C(=O)N3CCc4c(cccc4OC)C3)c3cc(Br)cc(C)c32)C1.CC.COc1cccc2c1CCN(C(=O)c1c(C)n(CC(=O)NC3CN(C(=O)OC(C)(C)C)C3)c3c(C)cc(Br)cc13)C2.COc1cccc2c1CCNC2.Cc1cc(Br)cc2c(C(=O)O)c(C)n(CC(=O)NC3CN(C(=O)OC(C)(C)C)C3)c12.Cl.[2H]C. The molecule has 8 amide bonds. The standard InChI is InChI=1S/C31H37BrN4O5.C29H31BrN4O4.C21H26BrN3O5.C10H13NO.C2H6.CH4.ClH/c1-18-12-21(32)13-24-27(29(38)34-11-10-23-20(14-34)8-7-9-25(23)40-6)19(2)36(28(18)24)17-26(37)33-22-15-35(16-22)30(39)41-31(3,4)5;1-5-26(36)33-14-21(15-33)31-25(35)16-34-18(3)27(23-12-20(30)11-17(2)28(23)34)29(37)32-10-9-22-19(13-32)7-6-8-24(22)38-4;1-11-6-13(22)7-15-17(19(27)28)12(2)25(18(11)15)10-16(26)23-14-8-24(9-14)20(29)30-21(3,4)5;1-12-10-4-2-3-8-7-11-6-5-9(8)10;1-2;;/h7-9,12-13,22H,10-11,14-17H2,1-6H3,(H,33,37);5-8,11-12,21H,1,9-10,13-16H2,2-4H3,(H,31,35);6-7,14H,8-10H2,1-5H3,(H,23,26)(H,27,28);2-4,11H,5-7H2,1H3;1-2H3;1H4;1H/i;;;;;1D;. The maximum absolute atomic E-state index is 14.1. The number of methoxy groups -OCH3 is 3. The van der Waals surface area contributed by atoms with Crippen LogP contribution in [-0.4, -0.2) is 206 Å². The Hall–Kier alpha value is -10.4. The van der Waals surface area contributed by atoms with Crippen LogP contribution in [0.5, 0.6) is 17.2 Å². The second kappa shape index (κ2) is 41.8. The summed E-state index contributed by atoms with van der Waals surface area (Å²) in [7, 11) is 6.32. The minimum Gasteiger partial charge on any atom is -0.496 e. The van der Waals surface area contributed by atoms with E-state index in [0.717, 1.165) is 141 Å². The summed E-state index contributed by atoms with van der Waals surface area (Å²) in [6.45, 7) is 36.7. The lowest BCUT2D eigenvalue weighted by atomic mass is 9.97. The molecule has 15 rings (SSSR count). The lowest BCUT2D eigenvalue weighted by Crippen LogP contribution is -2.61. The zero-order valence-corrected chi connectivity index (χ0v) is 80.3. The van der Waals surface area contributed by atoms with Crippen LogP contribution < -0.4 is 35.5 Å². The summed E-state index contributed by atoms with van der Waals surface area (Å²) in [5.74, 6) is 0.939. The second-order valence-electron chi connectivity index (χ2n) is 33.5. The largest absolute Gasteiger partial charge is 0.496 e. The highest BCUT2D eigenvalue weighted by Gasteiger charge is 2.39. The molecular formula is C94H118Br3ClN12O15. The number of amides is 8. The zero-order valence-electron chi connectivity index (χ0n) is 75.7. The first kappa shape index (κ1) is 96.8. The van der Waals surface area contributed by atoms with Gasteiger partial charge in [-0.25, -0.2) is 14.4 Å².